The number of carboxylic acids is 1. The molecule has 1 aromatic carbocycles. The number of carboxylic acid groups (broad SMARTS) is 1. The van der Waals surface area contributed by atoms with Gasteiger partial charge in [0.15, 0.2) is 0 Å². The maximum atomic E-state index is 11.7. The molecule has 0 radical (unpaired) electrons. The minimum Gasteiger partial charge on any atom is -0.507 e. The zero-order valence-corrected chi connectivity index (χ0v) is 12.7. The SMILES string of the molecule is CCCCOC(=O)NC(CC(=O)O)c1ccc(OC)cc1O. The number of alkyl carbamates (subject to hydrolysis) is 1. The summed E-state index contributed by atoms with van der Waals surface area (Å²) in [5, 5.41) is 21.4. The second kappa shape index (κ2) is 8.76. The van der Waals surface area contributed by atoms with Gasteiger partial charge in [-0.25, -0.2) is 4.79 Å². The van der Waals surface area contributed by atoms with Crippen LogP contribution in [0.4, 0.5) is 4.79 Å². The van der Waals surface area contributed by atoms with Crippen molar-refractivity contribution in [3.05, 3.63) is 23.8 Å². The molecule has 7 nitrogen and oxygen atoms in total. The summed E-state index contributed by atoms with van der Waals surface area (Å²) in [5.41, 5.74) is 0.288. The molecular weight excluding hydrogens is 290 g/mol. The van der Waals surface area contributed by atoms with Crippen LogP contribution >= 0.6 is 0 Å². The smallest absolute Gasteiger partial charge is 0.407 e. The Morgan fingerprint density at radius 3 is 2.64 bits per heavy atom. The summed E-state index contributed by atoms with van der Waals surface area (Å²) in [7, 11) is 1.45. The number of ether oxygens (including phenoxy) is 2. The fourth-order valence-electron chi connectivity index (χ4n) is 1.85. The van der Waals surface area contributed by atoms with Gasteiger partial charge in [0.1, 0.15) is 11.5 Å². The molecule has 1 atom stereocenters. The van der Waals surface area contributed by atoms with Crippen molar-refractivity contribution >= 4 is 12.1 Å². The van der Waals surface area contributed by atoms with E-state index in [-0.39, 0.29) is 24.3 Å². The molecule has 122 valence electrons. The molecule has 1 amide bonds. The van der Waals surface area contributed by atoms with Gasteiger partial charge in [0.25, 0.3) is 0 Å². The first-order valence-corrected chi connectivity index (χ1v) is 6.99. The zero-order valence-electron chi connectivity index (χ0n) is 12.7. The second-order valence-corrected chi connectivity index (χ2v) is 4.71. The number of phenolic OH excluding ortho intramolecular Hbond substituents is 1. The van der Waals surface area contributed by atoms with E-state index in [1.807, 2.05) is 6.92 Å². The van der Waals surface area contributed by atoms with Gasteiger partial charge >= 0.3 is 12.1 Å². The number of nitrogens with one attached hydrogen (secondary N) is 1. The number of amides is 1. The van der Waals surface area contributed by atoms with Crippen LogP contribution in [-0.2, 0) is 9.53 Å². The van der Waals surface area contributed by atoms with Gasteiger partial charge in [-0.1, -0.05) is 13.3 Å². The first-order chi connectivity index (χ1) is 10.5. The Morgan fingerprint density at radius 1 is 1.36 bits per heavy atom. The van der Waals surface area contributed by atoms with E-state index in [0.717, 1.165) is 12.8 Å². The maximum Gasteiger partial charge on any atom is 0.407 e. The number of hydrogen-bond donors (Lipinski definition) is 3. The molecule has 0 aliphatic rings. The van der Waals surface area contributed by atoms with Crippen molar-refractivity contribution in [1.82, 2.24) is 5.32 Å². The van der Waals surface area contributed by atoms with E-state index in [1.165, 1.54) is 19.2 Å². The van der Waals surface area contributed by atoms with Gasteiger partial charge in [0.2, 0.25) is 0 Å². The molecule has 0 fully saturated rings. The van der Waals surface area contributed by atoms with Crippen LogP contribution in [0.2, 0.25) is 0 Å². The van der Waals surface area contributed by atoms with E-state index < -0.39 is 18.1 Å². The van der Waals surface area contributed by atoms with Crippen LogP contribution in [0.3, 0.4) is 0 Å². The molecule has 0 saturated heterocycles. The Morgan fingerprint density at radius 2 is 2.09 bits per heavy atom. The predicted octanol–water partition coefficient (Wildman–Crippen LogP) is 2.44. The standard InChI is InChI=1S/C15H21NO6/c1-3-4-7-22-15(20)16-12(9-14(18)19)11-6-5-10(21-2)8-13(11)17/h5-6,8,12,17H,3-4,7,9H2,1-2H3,(H,16,20)(H,18,19). The summed E-state index contributed by atoms with van der Waals surface area (Å²) in [6, 6.07) is 3.55. The van der Waals surface area contributed by atoms with Crippen molar-refractivity contribution < 1.29 is 29.3 Å². The molecule has 1 aromatic rings. The van der Waals surface area contributed by atoms with E-state index >= 15 is 0 Å². The number of methoxy groups -OCH3 is 1. The molecule has 1 unspecified atom stereocenters. The molecule has 0 bridgehead atoms. The Bertz CT molecular complexity index is 517. The van der Waals surface area contributed by atoms with Gasteiger partial charge in [-0.05, 0) is 18.6 Å². The first kappa shape index (κ1) is 17.6. The lowest BCUT2D eigenvalue weighted by atomic mass is 10.0. The Balaban J connectivity index is 2.84. The largest absolute Gasteiger partial charge is 0.507 e. The minimum absolute atomic E-state index is 0.153. The Labute approximate surface area is 128 Å². The third-order valence-corrected chi connectivity index (χ3v) is 3.01. The average molecular weight is 311 g/mol. The summed E-state index contributed by atoms with van der Waals surface area (Å²) in [4.78, 5) is 22.6. The monoisotopic (exact) mass is 311 g/mol. The topological polar surface area (TPSA) is 105 Å². The third-order valence-electron chi connectivity index (χ3n) is 3.01. The summed E-state index contributed by atoms with van der Waals surface area (Å²) in [5.74, 6) is -0.825. The second-order valence-electron chi connectivity index (χ2n) is 4.71. The lowest BCUT2D eigenvalue weighted by Gasteiger charge is -2.18. The highest BCUT2D eigenvalue weighted by atomic mass is 16.5. The number of unbranched alkanes of at least 4 members (excludes halogenated alkanes) is 1. The van der Waals surface area contributed by atoms with E-state index in [9.17, 15) is 14.7 Å². The first-order valence-electron chi connectivity index (χ1n) is 6.99. The van der Waals surface area contributed by atoms with Gasteiger partial charge in [-0.3, -0.25) is 4.79 Å². The van der Waals surface area contributed by atoms with Crippen LogP contribution in [0.15, 0.2) is 18.2 Å². The lowest BCUT2D eigenvalue weighted by Crippen LogP contribution is -2.31. The third kappa shape index (κ3) is 5.51. The number of aromatic hydroxyl groups is 1. The van der Waals surface area contributed by atoms with E-state index in [4.69, 9.17) is 14.6 Å². The molecule has 22 heavy (non-hydrogen) atoms. The van der Waals surface area contributed by atoms with Crippen LogP contribution in [0.25, 0.3) is 0 Å². The van der Waals surface area contributed by atoms with Crippen molar-refractivity contribution in [2.24, 2.45) is 0 Å². The van der Waals surface area contributed by atoms with Gasteiger partial charge < -0.3 is 25.0 Å². The number of phenols is 1. The quantitative estimate of drug-likeness (QED) is 0.637. The van der Waals surface area contributed by atoms with Crippen LogP contribution in [0.5, 0.6) is 11.5 Å². The van der Waals surface area contributed by atoms with Gasteiger partial charge in [-0.2, -0.15) is 0 Å². The number of carbonyl (C=O) groups is 2. The number of carbonyl (C=O) groups excluding carboxylic acids is 1. The molecule has 0 aliphatic carbocycles. The van der Waals surface area contributed by atoms with Gasteiger partial charge in [0.05, 0.1) is 26.2 Å². The van der Waals surface area contributed by atoms with Crippen LogP contribution < -0.4 is 10.1 Å². The van der Waals surface area contributed by atoms with Crippen molar-refractivity contribution in [3.63, 3.8) is 0 Å². The molecule has 1 rings (SSSR count). The van der Waals surface area contributed by atoms with Gasteiger partial charge in [-0.15, -0.1) is 0 Å². The zero-order chi connectivity index (χ0) is 16.5. The van der Waals surface area contributed by atoms with Gasteiger partial charge in [0, 0.05) is 11.6 Å². The molecule has 0 saturated carbocycles. The highest BCUT2D eigenvalue weighted by molar-refractivity contribution is 5.72. The number of rotatable bonds is 8. The summed E-state index contributed by atoms with van der Waals surface area (Å²) in [6.45, 7) is 2.22. The molecule has 0 heterocycles. The van der Waals surface area contributed by atoms with E-state index in [1.54, 1.807) is 6.07 Å². The van der Waals surface area contributed by atoms with Crippen molar-refractivity contribution in [3.8, 4) is 11.5 Å². The number of aliphatic carboxylic acids is 1. The lowest BCUT2D eigenvalue weighted by molar-refractivity contribution is -0.137. The summed E-state index contributed by atoms with van der Waals surface area (Å²) < 4.78 is 9.92. The maximum absolute atomic E-state index is 11.7. The van der Waals surface area contributed by atoms with E-state index in [2.05, 4.69) is 5.32 Å². The van der Waals surface area contributed by atoms with Crippen LogP contribution in [-0.4, -0.2) is 36.0 Å². The molecule has 3 N–H and O–H groups in total. The molecule has 0 aromatic heterocycles. The highest BCUT2D eigenvalue weighted by Crippen LogP contribution is 2.30. The molecule has 7 heteroatoms. The fraction of sp³-hybridized carbons (Fsp3) is 0.467. The van der Waals surface area contributed by atoms with Crippen molar-refractivity contribution in [2.75, 3.05) is 13.7 Å². The fourth-order valence-corrected chi connectivity index (χ4v) is 1.85. The van der Waals surface area contributed by atoms with Crippen LogP contribution in [0.1, 0.15) is 37.8 Å². The Hall–Kier alpha value is -2.44. The number of hydrogen-bond acceptors (Lipinski definition) is 5. The molecule has 0 spiro atoms. The highest BCUT2D eigenvalue weighted by Gasteiger charge is 2.22. The van der Waals surface area contributed by atoms with E-state index in [0.29, 0.717) is 5.75 Å². The van der Waals surface area contributed by atoms with Crippen molar-refractivity contribution in [2.45, 2.75) is 32.2 Å². The minimum atomic E-state index is -1.10. The van der Waals surface area contributed by atoms with Crippen LogP contribution in [0, 0.1) is 0 Å². The normalized spacial score (nSPS) is 11.5. The van der Waals surface area contributed by atoms with Crippen molar-refractivity contribution in [1.29, 1.82) is 0 Å². The summed E-state index contributed by atoms with van der Waals surface area (Å²) >= 11 is 0. The number of benzene rings is 1. The molecular formula is C15H21NO6. The Kier molecular flexibility index (Phi) is 7.01. The average Bonchev–Trinajstić information content (AvgIpc) is 2.46. The molecule has 0 aliphatic heterocycles. The summed E-state index contributed by atoms with van der Waals surface area (Å²) in [6.07, 6.45) is 0.522. The predicted molar refractivity (Wildman–Crippen MR) is 79.0 cm³/mol.